The number of benzene rings is 1. The first-order valence-electron chi connectivity index (χ1n) is 6.28. The Balaban J connectivity index is 1.76. The Morgan fingerprint density at radius 2 is 2.00 bits per heavy atom. The predicted molar refractivity (Wildman–Crippen MR) is 74.4 cm³/mol. The van der Waals surface area contributed by atoms with Crippen molar-refractivity contribution in [1.82, 2.24) is 5.32 Å². The molecule has 0 aliphatic carbocycles. The van der Waals surface area contributed by atoms with Gasteiger partial charge in [-0.05, 0) is 25.1 Å². The van der Waals surface area contributed by atoms with Crippen LogP contribution in [0, 0.1) is 17.0 Å². The fourth-order valence-corrected chi connectivity index (χ4v) is 1.60. The lowest BCUT2D eigenvalue weighted by Crippen LogP contribution is -2.27. The van der Waals surface area contributed by atoms with Crippen molar-refractivity contribution in [2.75, 3.05) is 13.2 Å². The van der Waals surface area contributed by atoms with Gasteiger partial charge in [0.1, 0.15) is 17.3 Å². The molecule has 1 aromatic heterocycles. The summed E-state index contributed by atoms with van der Waals surface area (Å²) in [7, 11) is 0. The van der Waals surface area contributed by atoms with Crippen LogP contribution in [0.3, 0.4) is 0 Å². The van der Waals surface area contributed by atoms with Gasteiger partial charge in [0.2, 0.25) is 0 Å². The van der Waals surface area contributed by atoms with E-state index >= 15 is 0 Å². The van der Waals surface area contributed by atoms with E-state index in [1.165, 1.54) is 6.07 Å². The zero-order valence-corrected chi connectivity index (χ0v) is 11.4. The van der Waals surface area contributed by atoms with Crippen LogP contribution in [-0.2, 0) is 0 Å². The molecular weight excluding hydrogens is 276 g/mol. The minimum atomic E-state index is -0.697. The van der Waals surface area contributed by atoms with Crippen LogP contribution < -0.4 is 10.1 Å². The highest BCUT2D eigenvalue weighted by atomic mass is 16.6. The quantitative estimate of drug-likeness (QED) is 0.500. The van der Waals surface area contributed by atoms with Gasteiger partial charge in [-0.3, -0.25) is 14.9 Å². The second-order valence-electron chi connectivity index (χ2n) is 4.31. The van der Waals surface area contributed by atoms with Crippen molar-refractivity contribution in [2.45, 2.75) is 6.92 Å². The van der Waals surface area contributed by atoms with Gasteiger partial charge in [-0.1, -0.05) is 17.7 Å². The zero-order valence-electron chi connectivity index (χ0n) is 11.4. The summed E-state index contributed by atoms with van der Waals surface area (Å²) in [6, 6.07) is 9.93. The number of hydrogen-bond donors (Lipinski definition) is 1. The SMILES string of the molecule is Cc1ccc(OCCNC(=O)c2ccc([N+](=O)[O-])o2)cc1. The van der Waals surface area contributed by atoms with Crippen molar-refractivity contribution in [3.05, 3.63) is 57.8 Å². The third kappa shape index (κ3) is 4.07. The van der Waals surface area contributed by atoms with E-state index in [0.29, 0.717) is 5.75 Å². The Morgan fingerprint density at radius 3 is 2.62 bits per heavy atom. The van der Waals surface area contributed by atoms with Crippen molar-refractivity contribution in [3.8, 4) is 5.75 Å². The van der Waals surface area contributed by atoms with Gasteiger partial charge < -0.3 is 14.5 Å². The molecule has 21 heavy (non-hydrogen) atoms. The molecule has 7 heteroatoms. The molecule has 0 spiro atoms. The molecule has 0 aliphatic rings. The standard InChI is InChI=1S/C14H14N2O5/c1-10-2-4-11(5-3-10)20-9-8-15-14(17)12-6-7-13(21-12)16(18)19/h2-7H,8-9H2,1H3,(H,15,17). The summed E-state index contributed by atoms with van der Waals surface area (Å²) in [6.07, 6.45) is 0. The van der Waals surface area contributed by atoms with E-state index in [2.05, 4.69) is 5.32 Å². The average Bonchev–Trinajstić information content (AvgIpc) is 2.95. The fraction of sp³-hybridized carbons (Fsp3) is 0.214. The maximum Gasteiger partial charge on any atom is 0.433 e. The Hall–Kier alpha value is -2.83. The van der Waals surface area contributed by atoms with Crippen LogP contribution in [0.1, 0.15) is 16.1 Å². The number of carbonyl (C=O) groups is 1. The molecular formula is C14H14N2O5. The Morgan fingerprint density at radius 1 is 1.29 bits per heavy atom. The van der Waals surface area contributed by atoms with Crippen LogP contribution in [0.2, 0.25) is 0 Å². The number of ether oxygens (including phenoxy) is 1. The number of nitro groups is 1. The summed E-state index contributed by atoms with van der Waals surface area (Å²) in [5, 5.41) is 13.0. The summed E-state index contributed by atoms with van der Waals surface area (Å²) in [6.45, 7) is 2.53. The molecule has 0 bridgehead atoms. The van der Waals surface area contributed by atoms with Crippen LogP contribution in [0.25, 0.3) is 0 Å². The molecule has 0 radical (unpaired) electrons. The fourth-order valence-electron chi connectivity index (χ4n) is 1.60. The average molecular weight is 290 g/mol. The Labute approximate surface area is 120 Å². The van der Waals surface area contributed by atoms with E-state index in [1.807, 2.05) is 31.2 Å². The van der Waals surface area contributed by atoms with Crippen molar-refractivity contribution >= 4 is 11.8 Å². The summed E-state index contributed by atoms with van der Waals surface area (Å²) in [4.78, 5) is 21.4. The number of nitrogens with zero attached hydrogens (tertiary/aromatic N) is 1. The lowest BCUT2D eigenvalue weighted by Gasteiger charge is -2.07. The summed E-state index contributed by atoms with van der Waals surface area (Å²) >= 11 is 0. The third-order valence-electron chi connectivity index (χ3n) is 2.67. The molecule has 0 unspecified atom stereocenters. The van der Waals surface area contributed by atoms with Gasteiger partial charge >= 0.3 is 5.88 Å². The molecule has 7 nitrogen and oxygen atoms in total. The van der Waals surface area contributed by atoms with E-state index in [9.17, 15) is 14.9 Å². The zero-order chi connectivity index (χ0) is 15.2. The van der Waals surface area contributed by atoms with Crippen molar-refractivity contribution in [2.24, 2.45) is 0 Å². The number of aryl methyl sites for hydroxylation is 1. The second kappa shape index (κ2) is 6.56. The van der Waals surface area contributed by atoms with Crippen molar-refractivity contribution in [3.63, 3.8) is 0 Å². The maximum absolute atomic E-state index is 11.7. The number of rotatable bonds is 6. The minimum Gasteiger partial charge on any atom is -0.492 e. The number of nitrogens with one attached hydrogen (secondary N) is 1. The largest absolute Gasteiger partial charge is 0.492 e. The number of hydrogen-bond acceptors (Lipinski definition) is 5. The Bertz CT molecular complexity index is 633. The molecule has 2 rings (SSSR count). The lowest BCUT2D eigenvalue weighted by molar-refractivity contribution is -0.402. The Kier molecular flexibility index (Phi) is 4.55. The molecule has 1 N–H and O–H groups in total. The maximum atomic E-state index is 11.7. The highest BCUT2D eigenvalue weighted by Gasteiger charge is 2.16. The van der Waals surface area contributed by atoms with Crippen molar-refractivity contribution < 1.29 is 18.9 Å². The lowest BCUT2D eigenvalue weighted by atomic mass is 10.2. The van der Waals surface area contributed by atoms with E-state index in [0.717, 1.165) is 11.6 Å². The molecule has 0 aliphatic heterocycles. The van der Waals surface area contributed by atoms with Crippen LogP contribution in [0.4, 0.5) is 5.88 Å². The van der Waals surface area contributed by atoms with Crippen LogP contribution >= 0.6 is 0 Å². The van der Waals surface area contributed by atoms with Gasteiger partial charge in [-0.15, -0.1) is 0 Å². The highest BCUT2D eigenvalue weighted by molar-refractivity contribution is 5.91. The molecule has 110 valence electrons. The topological polar surface area (TPSA) is 94.6 Å². The van der Waals surface area contributed by atoms with E-state index in [4.69, 9.17) is 9.15 Å². The second-order valence-corrected chi connectivity index (χ2v) is 4.31. The number of carbonyl (C=O) groups excluding carboxylic acids is 1. The van der Waals surface area contributed by atoms with E-state index in [1.54, 1.807) is 0 Å². The predicted octanol–water partition coefficient (Wildman–Crippen LogP) is 2.31. The minimum absolute atomic E-state index is 0.1000. The molecule has 0 fully saturated rings. The van der Waals surface area contributed by atoms with Crippen molar-refractivity contribution in [1.29, 1.82) is 0 Å². The first-order chi connectivity index (χ1) is 10.1. The van der Waals surface area contributed by atoms with E-state index in [-0.39, 0.29) is 18.9 Å². The van der Waals surface area contributed by atoms with Gasteiger partial charge in [0.05, 0.1) is 12.6 Å². The molecule has 1 heterocycles. The van der Waals surface area contributed by atoms with Gasteiger partial charge in [0.15, 0.2) is 5.76 Å². The normalized spacial score (nSPS) is 10.1. The first kappa shape index (κ1) is 14.6. The molecule has 2 aromatic rings. The summed E-state index contributed by atoms with van der Waals surface area (Å²) in [5.74, 6) is -0.368. The number of amides is 1. The van der Waals surface area contributed by atoms with Crippen LogP contribution in [-0.4, -0.2) is 24.0 Å². The highest BCUT2D eigenvalue weighted by Crippen LogP contribution is 2.15. The van der Waals surface area contributed by atoms with Gasteiger partial charge in [0.25, 0.3) is 5.91 Å². The summed E-state index contributed by atoms with van der Waals surface area (Å²) < 4.78 is 10.2. The van der Waals surface area contributed by atoms with E-state index < -0.39 is 16.7 Å². The number of furan rings is 1. The monoisotopic (exact) mass is 290 g/mol. The molecule has 0 atom stereocenters. The first-order valence-corrected chi connectivity index (χ1v) is 6.28. The molecule has 1 amide bonds. The molecule has 1 aromatic carbocycles. The summed E-state index contributed by atoms with van der Waals surface area (Å²) in [5.41, 5.74) is 1.13. The van der Waals surface area contributed by atoms with Crippen LogP contribution in [0.15, 0.2) is 40.8 Å². The van der Waals surface area contributed by atoms with Crippen LogP contribution in [0.5, 0.6) is 5.75 Å². The molecule has 0 saturated heterocycles. The van der Waals surface area contributed by atoms with Gasteiger partial charge in [-0.25, -0.2) is 0 Å². The third-order valence-corrected chi connectivity index (χ3v) is 2.67. The van der Waals surface area contributed by atoms with Gasteiger partial charge in [0, 0.05) is 0 Å². The smallest absolute Gasteiger partial charge is 0.433 e. The van der Waals surface area contributed by atoms with Gasteiger partial charge in [-0.2, -0.15) is 0 Å². The molecule has 0 saturated carbocycles.